The fraction of sp³-hybridized carbons (Fsp3) is 0.350. The molecule has 1 N–H and O–H groups in total. The first kappa shape index (κ1) is 18.2. The topological polar surface area (TPSA) is 50.8 Å². The van der Waals surface area contributed by atoms with Gasteiger partial charge in [0.25, 0.3) is 0 Å². The number of nitrogens with one attached hydrogen (secondary N) is 1. The Hall–Kier alpha value is -2.60. The molecule has 1 unspecified atom stereocenters. The van der Waals surface area contributed by atoms with Crippen molar-refractivity contribution in [3.05, 3.63) is 59.9 Å². The first-order valence-corrected chi connectivity index (χ1v) is 8.70. The largest absolute Gasteiger partial charge is 0.497 e. The molecule has 0 spiro atoms. The zero-order chi connectivity index (χ0) is 18.4. The second kappa shape index (κ2) is 8.67. The van der Waals surface area contributed by atoms with Crippen LogP contribution in [-0.2, 0) is 11.3 Å². The number of anilines is 1. The second-order valence-electron chi connectivity index (χ2n) is 6.31. The number of halogens is 1. The number of amides is 2. The van der Waals surface area contributed by atoms with Gasteiger partial charge in [-0.2, -0.15) is 0 Å². The van der Waals surface area contributed by atoms with Crippen LogP contribution in [0.3, 0.4) is 0 Å². The number of ether oxygens (including phenoxy) is 2. The molecule has 0 saturated carbocycles. The summed E-state index contributed by atoms with van der Waals surface area (Å²) in [7, 11) is 1.61. The van der Waals surface area contributed by atoms with Crippen LogP contribution in [0.15, 0.2) is 48.5 Å². The molecule has 2 aromatic carbocycles. The van der Waals surface area contributed by atoms with E-state index < -0.39 is 0 Å². The number of carbonyl (C=O) groups excluding carboxylic acids is 1. The van der Waals surface area contributed by atoms with Gasteiger partial charge in [0, 0.05) is 25.4 Å². The Morgan fingerprint density at radius 1 is 1.31 bits per heavy atom. The van der Waals surface area contributed by atoms with Crippen LogP contribution in [0.5, 0.6) is 5.75 Å². The number of hydrogen-bond donors (Lipinski definition) is 1. The van der Waals surface area contributed by atoms with E-state index in [-0.39, 0.29) is 18.0 Å². The Balaban J connectivity index is 1.73. The predicted molar refractivity (Wildman–Crippen MR) is 97.8 cm³/mol. The van der Waals surface area contributed by atoms with Gasteiger partial charge in [-0.3, -0.25) is 0 Å². The third kappa shape index (κ3) is 4.95. The van der Waals surface area contributed by atoms with Crippen molar-refractivity contribution in [2.24, 2.45) is 0 Å². The Morgan fingerprint density at radius 3 is 2.88 bits per heavy atom. The summed E-state index contributed by atoms with van der Waals surface area (Å²) >= 11 is 0. The fourth-order valence-corrected chi connectivity index (χ4v) is 3.01. The molecule has 0 bridgehead atoms. The van der Waals surface area contributed by atoms with Crippen molar-refractivity contribution in [2.45, 2.75) is 25.5 Å². The molecule has 138 valence electrons. The van der Waals surface area contributed by atoms with E-state index in [4.69, 9.17) is 9.47 Å². The number of nitrogens with zero attached hydrogens (tertiary/aromatic N) is 1. The zero-order valence-electron chi connectivity index (χ0n) is 14.8. The third-order valence-electron chi connectivity index (χ3n) is 4.32. The molecule has 0 aromatic heterocycles. The summed E-state index contributed by atoms with van der Waals surface area (Å²) in [6.45, 7) is 1.62. The highest BCUT2D eigenvalue weighted by molar-refractivity contribution is 5.89. The standard InChI is InChI=1S/C20H23FN2O3/c1-25-18-8-2-5-15(11-18)13-23(14-19-9-4-10-26-19)20(24)22-17-7-3-6-16(21)12-17/h2-3,5-8,11-12,19H,4,9-10,13-14H2,1H3,(H,22,24). The van der Waals surface area contributed by atoms with Crippen LogP contribution in [0.1, 0.15) is 18.4 Å². The summed E-state index contributed by atoms with van der Waals surface area (Å²) in [6, 6.07) is 13.2. The molecule has 1 atom stereocenters. The van der Waals surface area contributed by atoms with Crippen LogP contribution >= 0.6 is 0 Å². The Kier molecular flexibility index (Phi) is 6.07. The SMILES string of the molecule is COc1cccc(CN(CC2CCCO2)C(=O)Nc2cccc(F)c2)c1. The predicted octanol–water partition coefficient (Wildman–Crippen LogP) is 4.05. The monoisotopic (exact) mass is 358 g/mol. The van der Waals surface area contributed by atoms with E-state index >= 15 is 0 Å². The van der Waals surface area contributed by atoms with E-state index in [1.807, 2.05) is 24.3 Å². The van der Waals surface area contributed by atoms with Crippen LogP contribution in [0.2, 0.25) is 0 Å². The second-order valence-corrected chi connectivity index (χ2v) is 6.31. The zero-order valence-corrected chi connectivity index (χ0v) is 14.8. The van der Waals surface area contributed by atoms with Gasteiger partial charge in [0.1, 0.15) is 11.6 Å². The van der Waals surface area contributed by atoms with Crippen molar-refractivity contribution in [3.63, 3.8) is 0 Å². The highest BCUT2D eigenvalue weighted by Crippen LogP contribution is 2.19. The van der Waals surface area contributed by atoms with Crippen molar-refractivity contribution in [3.8, 4) is 5.75 Å². The molecule has 2 aromatic rings. The lowest BCUT2D eigenvalue weighted by atomic mass is 10.2. The molecule has 1 saturated heterocycles. The molecule has 2 amide bonds. The summed E-state index contributed by atoms with van der Waals surface area (Å²) in [5.41, 5.74) is 1.38. The highest BCUT2D eigenvalue weighted by atomic mass is 19.1. The van der Waals surface area contributed by atoms with E-state index in [0.29, 0.717) is 18.8 Å². The van der Waals surface area contributed by atoms with Crippen molar-refractivity contribution in [2.75, 3.05) is 25.6 Å². The van der Waals surface area contributed by atoms with Crippen molar-refractivity contribution >= 4 is 11.7 Å². The van der Waals surface area contributed by atoms with E-state index in [0.717, 1.165) is 30.8 Å². The number of benzene rings is 2. The van der Waals surface area contributed by atoms with Crippen LogP contribution in [-0.4, -0.2) is 37.3 Å². The maximum Gasteiger partial charge on any atom is 0.322 e. The van der Waals surface area contributed by atoms with E-state index in [9.17, 15) is 9.18 Å². The van der Waals surface area contributed by atoms with Crippen molar-refractivity contribution in [1.82, 2.24) is 4.90 Å². The molecule has 1 fully saturated rings. The highest BCUT2D eigenvalue weighted by Gasteiger charge is 2.23. The Bertz CT molecular complexity index is 747. The molecule has 3 rings (SSSR count). The number of urea groups is 1. The van der Waals surface area contributed by atoms with Crippen LogP contribution in [0, 0.1) is 5.82 Å². The van der Waals surface area contributed by atoms with Gasteiger partial charge in [0.05, 0.1) is 13.2 Å². The first-order chi connectivity index (χ1) is 12.6. The molecule has 1 aliphatic heterocycles. The van der Waals surface area contributed by atoms with Gasteiger partial charge in [0.15, 0.2) is 0 Å². The maximum absolute atomic E-state index is 13.4. The van der Waals surface area contributed by atoms with E-state index in [2.05, 4.69) is 5.32 Å². The quantitative estimate of drug-likeness (QED) is 0.848. The van der Waals surface area contributed by atoms with Gasteiger partial charge in [-0.05, 0) is 48.7 Å². The summed E-state index contributed by atoms with van der Waals surface area (Å²) in [4.78, 5) is 14.5. The average Bonchev–Trinajstić information content (AvgIpc) is 3.14. The van der Waals surface area contributed by atoms with Gasteiger partial charge in [0.2, 0.25) is 0 Å². The molecule has 26 heavy (non-hydrogen) atoms. The minimum absolute atomic E-state index is 0.0267. The lowest BCUT2D eigenvalue weighted by Crippen LogP contribution is -2.39. The van der Waals surface area contributed by atoms with E-state index in [1.54, 1.807) is 24.1 Å². The van der Waals surface area contributed by atoms with Gasteiger partial charge < -0.3 is 19.7 Å². The normalized spacial score (nSPS) is 16.3. The number of methoxy groups -OCH3 is 1. The molecule has 1 heterocycles. The van der Waals surface area contributed by atoms with Gasteiger partial charge in [-0.15, -0.1) is 0 Å². The summed E-state index contributed by atoms with van der Waals surface area (Å²) in [5.74, 6) is 0.353. The van der Waals surface area contributed by atoms with Crippen LogP contribution < -0.4 is 10.1 Å². The minimum atomic E-state index is -0.388. The molecule has 1 aliphatic rings. The van der Waals surface area contributed by atoms with Crippen LogP contribution in [0.25, 0.3) is 0 Å². The molecular formula is C20H23FN2O3. The number of hydrogen-bond acceptors (Lipinski definition) is 3. The number of rotatable bonds is 6. The first-order valence-electron chi connectivity index (χ1n) is 8.70. The molecule has 0 aliphatic carbocycles. The van der Waals surface area contributed by atoms with Gasteiger partial charge >= 0.3 is 6.03 Å². The summed E-state index contributed by atoms with van der Waals surface area (Å²) < 4.78 is 24.3. The maximum atomic E-state index is 13.4. The lowest BCUT2D eigenvalue weighted by molar-refractivity contribution is 0.0819. The number of carbonyl (C=O) groups is 1. The molecule has 5 nitrogen and oxygen atoms in total. The average molecular weight is 358 g/mol. The minimum Gasteiger partial charge on any atom is -0.497 e. The fourth-order valence-electron chi connectivity index (χ4n) is 3.01. The summed E-state index contributed by atoms with van der Waals surface area (Å²) in [5, 5.41) is 2.77. The molecule has 6 heteroatoms. The van der Waals surface area contributed by atoms with Crippen molar-refractivity contribution in [1.29, 1.82) is 0 Å². The van der Waals surface area contributed by atoms with Crippen LogP contribution in [0.4, 0.5) is 14.9 Å². The Labute approximate surface area is 152 Å². The smallest absolute Gasteiger partial charge is 0.322 e. The van der Waals surface area contributed by atoms with Crippen molar-refractivity contribution < 1.29 is 18.7 Å². The summed E-state index contributed by atoms with van der Waals surface area (Å²) in [6.07, 6.45) is 1.96. The van der Waals surface area contributed by atoms with Gasteiger partial charge in [-0.25, -0.2) is 9.18 Å². The Morgan fingerprint density at radius 2 is 2.15 bits per heavy atom. The van der Waals surface area contributed by atoms with E-state index in [1.165, 1.54) is 12.1 Å². The lowest BCUT2D eigenvalue weighted by Gasteiger charge is -2.26. The molecule has 0 radical (unpaired) electrons. The van der Waals surface area contributed by atoms with Gasteiger partial charge in [-0.1, -0.05) is 18.2 Å². The third-order valence-corrected chi connectivity index (χ3v) is 4.32. The molecular weight excluding hydrogens is 335 g/mol.